The molecule has 5 rings (SSSR count). The first-order valence-corrected chi connectivity index (χ1v) is 14.2. The Labute approximate surface area is 251 Å². The molecule has 1 aromatic heterocycles. The predicted molar refractivity (Wildman–Crippen MR) is 163 cm³/mol. The molecule has 2 atom stereocenters. The number of H-pyrrole nitrogens is 1. The summed E-state index contributed by atoms with van der Waals surface area (Å²) in [7, 11) is 0. The molecule has 3 amide bonds. The fourth-order valence-corrected chi connectivity index (χ4v) is 4.48. The van der Waals surface area contributed by atoms with E-state index in [4.69, 9.17) is 26.6 Å². The van der Waals surface area contributed by atoms with Gasteiger partial charge in [0.15, 0.2) is 0 Å². The summed E-state index contributed by atoms with van der Waals surface area (Å²) in [6.45, 7) is 5.83. The number of aliphatic hydroxyl groups excluding tert-OH is 2. The molecule has 0 bridgehead atoms. The molecule has 1 aliphatic heterocycles. The highest BCUT2D eigenvalue weighted by Crippen LogP contribution is 2.31. The van der Waals surface area contributed by atoms with E-state index in [1.807, 2.05) is 87.5 Å². The second-order valence-corrected chi connectivity index (χ2v) is 9.66. The van der Waals surface area contributed by atoms with Gasteiger partial charge < -0.3 is 25.3 Å². The van der Waals surface area contributed by atoms with E-state index >= 15 is 0 Å². The number of para-hydroxylation sites is 1. The molecule has 0 spiro atoms. The lowest BCUT2D eigenvalue weighted by molar-refractivity contribution is -0.126. The van der Waals surface area contributed by atoms with E-state index in [1.54, 1.807) is 18.3 Å². The summed E-state index contributed by atoms with van der Waals surface area (Å²) < 4.78 is 5.15. The van der Waals surface area contributed by atoms with E-state index < -0.39 is 18.2 Å². The van der Waals surface area contributed by atoms with Crippen LogP contribution in [0.25, 0.3) is 11.3 Å². The number of hydrogen-bond donors (Lipinski definition) is 4. The topological polar surface area (TPSA) is 128 Å². The molecule has 0 saturated carbocycles. The number of urea groups is 1. The van der Waals surface area contributed by atoms with Gasteiger partial charge in [0, 0.05) is 12.0 Å². The SMILES string of the molecule is CC.Cc1ccc(-c2cnc(C(Cc3ccccc3)N3C(=O)CNC3=O)[nH]2)c(Cl)c1.OCC(O)COc1ccccc1. The number of aromatic nitrogens is 2. The summed E-state index contributed by atoms with van der Waals surface area (Å²) in [6, 6.07) is 23.7. The zero-order valence-electron chi connectivity index (χ0n) is 24.0. The molecule has 9 nitrogen and oxygen atoms in total. The monoisotopic (exact) mass is 592 g/mol. The van der Waals surface area contributed by atoms with Crippen LogP contribution in [0, 0.1) is 6.92 Å². The summed E-state index contributed by atoms with van der Waals surface area (Å²) in [5.74, 6) is 0.975. The zero-order chi connectivity index (χ0) is 30.5. The smallest absolute Gasteiger partial charge is 0.325 e. The third-order valence-corrected chi connectivity index (χ3v) is 6.50. The van der Waals surface area contributed by atoms with Gasteiger partial charge in [-0.05, 0) is 36.2 Å². The fourth-order valence-electron chi connectivity index (χ4n) is 4.14. The summed E-state index contributed by atoms with van der Waals surface area (Å²) in [5, 5.41) is 20.6. The van der Waals surface area contributed by atoms with Crippen molar-refractivity contribution in [2.45, 2.75) is 39.3 Å². The van der Waals surface area contributed by atoms with E-state index in [9.17, 15) is 9.59 Å². The lowest BCUT2D eigenvalue weighted by Crippen LogP contribution is -2.36. The molecule has 0 aliphatic carbocycles. The number of amides is 3. The summed E-state index contributed by atoms with van der Waals surface area (Å²) >= 11 is 6.38. The van der Waals surface area contributed by atoms with Crippen LogP contribution in [-0.4, -0.2) is 62.9 Å². The van der Waals surface area contributed by atoms with Gasteiger partial charge in [0.2, 0.25) is 0 Å². The van der Waals surface area contributed by atoms with Crippen LogP contribution in [0.1, 0.15) is 36.8 Å². The molecule has 1 fully saturated rings. The maximum absolute atomic E-state index is 12.3. The van der Waals surface area contributed by atoms with E-state index in [-0.39, 0.29) is 25.7 Å². The largest absolute Gasteiger partial charge is 0.491 e. The fraction of sp³-hybridized carbons (Fsp3) is 0.281. The lowest BCUT2D eigenvalue weighted by Gasteiger charge is -2.23. The first-order valence-electron chi connectivity index (χ1n) is 13.8. The van der Waals surface area contributed by atoms with Crippen molar-refractivity contribution in [2.75, 3.05) is 19.8 Å². The molecule has 0 radical (unpaired) electrons. The van der Waals surface area contributed by atoms with Gasteiger partial charge in [-0.15, -0.1) is 0 Å². The number of halogens is 1. The van der Waals surface area contributed by atoms with Crippen LogP contribution < -0.4 is 10.1 Å². The van der Waals surface area contributed by atoms with Crippen molar-refractivity contribution in [1.82, 2.24) is 20.2 Å². The highest BCUT2D eigenvalue weighted by molar-refractivity contribution is 6.33. The Morgan fingerprint density at radius 1 is 1.02 bits per heavy atom. The Morgan fingerprint density at radius 2 is 1.69 bits per heavy atom. The van der Waals surface area contributed by atoms with E-state index in [0.29, 0.717) is 23.0 Å². The Bertz CT molecular complexity index is 1400. The van der Waals surface area contributed by atoms with Crippen molar-refractivity contribution < 1.29 is 24.5 Å². The maximum Gasteiger partial charge on any atom is 0.325 e. The molecule has 4 N–H and O–H groups in total. The van der Waals surface area contributed by atoms with Crippen LogP contribution >= 0.6 is 11.6 Å². The van der Waals surface area contributed by atoms with Gasteiger partial charge in [-0.3, -0.25) is 9.69 Å². The molecule has 3 aromatic carbocycles. The number of imide groups is 1. The number of ether oxygens (including phenoxy) is 1. The minimum absolute atomic E-state index is 0.00147. The molecule has 222 valence electrons. The Morgan fingerprint density at radius 3 is 2.29 bits per heavy atom. The summed E-state index contributed by atoms with van der Waals surface area (Å²) in [5.41, 5.74) is 3.63. The zero-order valence-corrected chi connectivity index (χ0v) is 24.7. The van der Waals surface area contributed by atoms with Gasteiger partial charge in [0.05, 0.1) is 30.1 Å². The van der Waals surface area contributed by atoms with Gasteiger partial charge in [0.1, 0.15) is 30.3 Å². The van der Waals surface area contributed by atoms with Crippen LogP contribution in [0.5, 0.6) is 5.75 Å². The van der Waals surface area contributed by atoms with Crippen molar-refractivity contribution in [3.8, 4) is 17.0 Å². The normalized spacial score (nSPS) is 13.7. The van der Waals surface area contributed by atoms with Crippen LogP contribution in [0.2, 0.25) is 5.02 Å². The van der Waals surface area contributed by atoms with Gasteiger partial charge >= 0.3 is 6.03 Å². The van der Waals surface area contributed by atoms with Crippen LogP contribution in [0.4, 0.5) is 4.79 Å². The molecule has 1 saturated heterocycles. The average Bonchev–Trinajstić information content (AvgIpc) is 3.63. The Hall–Kier alpha value is -4.18. The number of nitrogens with one attached hydrogen (secondary N) is 2. The molecule has 10 heteroatoms. The third kappa shape index (κ3) is 8.91. The third-order valence-electron chi connectivity index (χ3n) is 6.18. The van der Waals surface area contributed by atoms with Gasteiger partial charge in [-0.2, -0.15) is 0 Å². The number of carbonyl (C=O) groups excluding carboxylic acids is 2. The van der Waals surface area contributed by atoms with Crippen molar-refractivity contribution in [3.05, 3.63) is 107 Å². The number of imidazole rings is 1. The van der Waals surface area contributed by atoms with Crippen molar-refractivity contribution >= 4 is 23.5 Å². The number of aromatic amines is 1. The van der Waals surface area contributed by atoms with Gasteiger partial charge in [-0.1, -0.05) is 86.1 Å². The maximum atomic E-state index is 12.3. The number of aryl methyl sites for hydroxylation is 1. The number of rotatable bonds is 9. The number of aliphatic hydroxyl groups is 2. The molecule has 2 heterocycles. The number of nitrogens with zero attached hydrogens (tertiary/aromatic N) is 2. The number of carbonyl (C=O) groups is 2. The van der Waals surface area contributed by atoms with Gasteiger partial charge in [-0.25, -0.2) is 9.78 Å². The molecule has 4 aromatic rings. The van der Waals surface area contributed by atoms with Crippen LogP contribution in [0.3, 0.4) is 0 Å². The highest BCUT2D eigenvalue weighted by Gasteiger charge is 2.37. The van der Waals surface area contributed by atoms with Crippen molar-refractivity contribution in [2.24, 2.45) is 0 Å². The second kappa shape index (κ2) is 16.3. The van der Waals surface area contributed by atoms with E-state index in [2.05, 4.69) is 15.3 Å². The minimum Gasteiger partial charge on any atom is -0.491 e. The standard InChI is InChI=1S/C21H19ClN4O2.C9H12O3.C2H6/c1-13-7-8-15(16(22)9-13)17-11-23-20(25-17)18(10-14-5-3-2-4-6-14)26-19(27)12-24-21(26)28;10-6-8(11)7-12-9-4-2-1-3-5-9;1-2/h2-9,11,18H,10,12H2,1H3,(H,23,25)(H,24,28);1-5,8,10-11H,6-7H2;1-2H3. The summed E-state index contributed by atoms with van der Waals surface area (Å²) in [4.78, 5) is 33.6. The highest BCUT2D eigenvalue weighted by atomic mass is 35.5. The molecule has 2 unspecified atom stereocenters. The second-order valence-electron chi connectivity index (χ2n) is 9.25. The lowest BCUT2D eigenvalue weighted by atomic mass is 10.0. The first kappa shape index (κ1) is 32.3. The average molecular weight is 593 g/mol. The Balaban J connectivity index is 0.000000290. The Kier molecular flexibility index (Phi) is 12.6. The number of benzene rings is 3. The quantitative estimate of drug-likeness (QED) is 0.195. The predicted octanol–water partition coefficient (Wildman–Crippen LogP) is 5.32. The van der Waals surface area contributed by atoms with Gasteiger partial charge in [0.25, 0.3) is 5.91 Å². The van der Waals surface area contributed by atoms with E-state index in [0.717, 1.165) is 22.4 Å². The number of hydrogen-bond acceptors (Lipinski definition) is 6. The van der Waals surface area contributed by atoms with Crippen LogP contribution in [-0.2, 0) is 11.2 Å². The van der Waals surface area contributed by atoms with Crippen LogP contribution in [0.15, 0.2) is 85.1 Å². The van der Waals surface area contributed by atoms with E-state index in [1.165, 1.54) is 4.90 Å². The van der Waals surface area contributed by atoms with Crippen molar-refractivity contribution in [1.29, 1.82) is 0 Å². The summed E-state index contributed by atoms with van der Waals surface area (Å²) in [6.07, 6.45) is 1.35. The first-order chi connectivity index (χ1) is 20.4. The molecule has 42 heavy (non-hydrogen) atoms. The minimum atomic E-state index is -0.801. The molecular weight excluding hydrogens is 556 g/mol. The molecular formula is C32H37ClN4O5. The van der Waals surface area contributed by atoms with Crippen molar-refractivity contribution in [3.63, 3.8) is 0 Å². The molecule has 1 aliphatic rings.